The van der Waals surface area contributed by atoms with Crippen LogP contribution in [0.25, 0.3) is 33.5 Å². The minimum absolute atomic E-state index is 0.137. The molecule has 5 rings (SSSR count). The smallest absolute Gasteiger partial charge is 0.162 e. The van der Waals surface area contributed by atoms with Crippen LogP contribution in [-0.4, -0.2) is 25.3 Å². The van der Waals surface area contributed by atoms with Crippen molar-refractivity contribution in [3.05, 3.63) is 103 Å². The highest BCUT2D eigenvalue weighted by molar-refractivity contribution is 5.99. The summed E-state index contributed by atoms with van der Waals surface area (Å²) in [5.74, 6) is 0.137. The molecule has 3 aromatic carbocycles. The zero-order valence-electron chi connectivity index (χ0n) is 18.3. The molecule has 162 valence electrons. The summed E-state index contributed by atoms with van der Waals surface area (Å²) in [4.78, 5) is 26.8. The van der Waals surface area contributed by atoms with Crippen LogP contribution in [0.1, 0.15) is 29.6 Å². The molecule has 0 bridgehead atoms. The third-order valence-electron chi connectivity index (χ3n) is 5.71. The Balaban J connectivity index is 1.43. The molecule has 0 N–H and O–H groups in total. The van der Waals surface area contributed by atoms with Gasteiger partial charge in [0.2, 0.25) is 0 Å². The Morgan fingerprint density at radius 2 is 1.42 bits per heavy atom. The number of hydrogen-bond donors (Lipinski definition) is 0. The Hall–Kier alpha value is -4.12. The summed E-state index contributed by atoms with van der Waals surface area (Å²) in [6, 6.07) is 25.8. The lowest BCUT2D eigenvalue weighted by Gasteiger charge is -2.11. The van der Waals surface area contributed by atoms with Gasteiger partial charge in [0.05, 0.1) is 28.7 Å². The highest BCUT2D eigenvalue weighted by Crippen LogP contribution is 2.31. The molecule has 0 spiro atoms. The van der Waals surface area contributed by atoms with E-state index in [0.717, 1.165) is 52.9 Å². The molecule has 0 radical (unpaired) electrons. The van der Waals surface area contributed by atoms with Gasteiger partial charge in [-0.15, -0.1) is 0 Å². The van der Waals surface area contributed by atoms with Crippen LogP contribution in [0, 0.1) is 0 Å². The zero-order chi connectivity index (χ0) is 22.5. The minimum atomic E-state index is 0.137. The number of aromatic nitrogens is 4. The molecule has 33 heavy (non-hydrogen) atoms. The number of aryl methyl sites for hydroxylation is 1. The van der Waals surface area contributed by atoms with Gasteiger partial charge in [0, 0.05) is 42.0 Å². The first-order valence-electron chi connectivity index (χ1n) is 11.2. The minimum Gasteiger partial charge on any atom is -0.337 e. The van der Waals surface area contributed by atoms with E-state index in [0.29, 0.717) is 12.0 Å². The molecule has 2 heterocycles. The van der Waals surface area contributed by atoms with Crippen LogP contribution in [0.3, 0.4) is 0 Å². The number of hydrogen-bond acceptors (Lipinski definition) is 4. The molecular formula is C28H24N4O. The fourth-order valence-electron chi connectivity index (χ4n) is 3.97. The molecule has 0 atom stereocenters. The lowest BCUT2D eigenvalue weighted by Crippen LogP contribution is -2.02. The number of unbranched alkanes of at least 4 members (excludes halogenated alkanes) is 1. The average Bonchev–Trinajstić information content (AvgIpc) is 3.40. The van der Waals surface area contributed by atoms with E-state index in [1.54, 1.807) is 12.5 Å². The molecular weight excluding hydrogens is 408 g/mol. The summed E-state index contributed by atoms with van der Waals surface area (Å²) in [5, 5.41) is 0. The first-order valence-corrected chi connectivity index (χ1v) is 11.2. The predicted octanol–water partition coefficient (Wildman–Crippen LogP) is 6.21. The number of fused-ring (bicyclic) bond motifs is 1. The van der Waals surface area contributed by atoms with Gasteiger partial charge in [-0.05, 0) is 31.0 Å². The van der Waals surface area contributed by atoms with Crippen LogP contribution in [0.4, 0.5) is 0 Å². The fourth-order valence-corrected chi connectivity index (χ4v) is 3.97. The molecule has 0 saturated heterocycles. The van der Waals surface area contributed by atoms with Crippen molar-refractivity contribution in [1.29, 1.82) is 0 Å². The molecule has 0 aliphatic heterocycles. The fraction of sp³-hybridized carbons (Fsp3) is 0.143. The topological polar surface area (TPSA) is 60.7 Å². The standard InChI is InChI=1S/C28H24N4O/c33-26(13-7-8-17-32-18-16-29-20-32)23-14-15-24-25(19-23)31-28(22-11-5-2-6-12-22)27(30-24)21-9-3-1-4-10-21/h1-6,9-12,14-16,18-20H,7-8,13,17H2. The van der Waals surface area contributed by atoms with Crippen molar-refractivity contribution in [2.75, 3.05) is 0 Å². The summed E-state index contributed by atoms with van der Waals surface area (Å²) >= 11 is 0. The van der Waals surface area contributed by atoms with E-state index in [1.807, 2.05) is 89.6 Å². The third kappa shape index (κ3) is 4.72. The molecule has 2 aromatic heterocycles. The lowest BCUT2D eigenvalue weighted by atomic mass is 10.0. The summed E-state index contributed by atoms with van der Waals surface area (Å²) in [7, 11) is 0. The largest absolute Gasteiger partial charge is 0.337 e. The maximum atomic E-state index is 12.8. The molecule has 5 heteroatoms. The second-order valence-electron chi connectivity index (χ2n) is 8.04. The number of Topliss-reactive ketones (excluding diaryl/α,β-unsaturated/α-hetero) is 1. The van der Waals surface area contributed by atoms with Gasteiger partial charge < -0.3 is 4.57 Å². The quantitative estimate of drug-likeness (QED) is 0.216. The normalized spacial score (nSPS) is 11.0. The van der Waals surface area contributed by atoms with Crippen LogP contribution in [0.2, 0.25) is 0 Å². The average molecular weight is 433 g/mol. The zero-order valence-corrected chi connectivity index (χ0v) is 18.3. The van der Waals surface area contributed by atoms with Gasteiger partial charge >= 0.3 is 0 Å². The van der Waals surface area contributed by atoms with Crippen LogP contribution in [-0.2, 0) is 6.54 Å². The van der Waals surface area contributed by atoms with E-state index in [-0.39, 0.29) is 5.78 Å². The summed E-state index contributed by atoms with van der Waals surface area (Å²) in [6.45, 7) is 0.874. The van der Waals surface area contributed by atoms with Crippen molar-refractivity contribution in [2.45, 2.75) is 25.8 Å². The van der Waals surface area contributed by atoms with Gasteiger partial charge in [0.15, 0.2) is 5.78 Å². The number of rotatable bonds is 8. The summed E-state index contributed by atoms with van der Waals surface area (Å²) in [6.07, 6.45) is 7.81. The SMILES string of the molecule is O=C(CCCCn1ccnc1)c1ccc2nc(-c3ccccc3)c(-c3ccccc3)nc2c1. The van der Waals surface area contributed by atoms with E-state index in [4.69, 9.17) is 9.97 Å². The first kappa shape index (κ1) is 20.8. The van der Waals surface area contributed by atoms with E-state index >= 15 is 0 Å². The second-order valence-corrected chi connectivity index (χ2v) is 8.04. The number of ketones is 1. The number of carbonyl (C=O) groups is 1. The number of nitrogens with zero attached hydrogens (tertiary/aromatic N) is 4. The molecule has 0 saturated carbocycles. The monoisotopic (exact) mass is 432 g/mol. The molecule has 0 aliphatic carbocycles. The predicted molar refractivity (Wildman–Crippen MR) is 131 cm³/mol. The third-order valence-corrected chi connectivity index (χ3v) is 5.71. The maximum Gasteiger partial charge on any atom is 0.162 e. The van der Waals surface area contributed by atoms with E-state index in [9.17, 15) is 4.79 Å². The van der Waals surface area contributed by atoms with Gasteiger partial charge in [-0.3, -0.25) is 4.79 Å². The Bertz CT molecular complexity index is 1360. The van der Waals surface area contributed by atoms with Gasteiger partial charge in [-0.1, -0.05) is 60.7 Å². The molecule has 0 aliphatic rings. The molecule has 0 unspecified atom stereocenters. The van der Waals surface area contributed by atoms with Crippen LogP contribution in [0.15, 0.2) is 97.6 Å². The van der Waals surface area contributed by atoms with E-state index in [2.05, 4.69) is 4.98 Å². The van der Waals surface area contributed by atoms with Gasteiger partial charge in [-0.2, -0.15) is 0 Å². The van der Waals surface area contributed by atoms with Crippen molar-refractivity contribution in [1.82, 2.24) is 19.5 Å². The molecule has 5 aromatic rings. The lowest BCUT2D eigenvalue weighted by molar-refractivity contribution is 0.0979. The van der Waals surface area contributed by atoms with Crippen LogP contribution >= 0.6 is 0 Å². The van der Waals surface area contributed by atoms with Crippen molar-refractivity contribution < 1.29 is 4.79 Å². The van der Waals surface area contributed by atoms with E-state index < -0.39 is 0 Å². The maximum absolute atomic E-state index is 12.8. The van der Waals surface area contributed by atoms with Gasteiger partial charge in [-0.25, -0.2) is 15.0 Å². The van der Waals surface area contributed by atoms with Crippen LogP contribution < -0.4 is 0 Å². The van der Waals surface area contributed by atoms with Gasteiger partial charge in [0.1, 0.15) is 0 Å². The molecule has 5 nitrogen and oxygen atoms in total. The van der Waals surface area contributed by atoms with Crippen molar-refractivity contribution in [3.63, 3.8) is 0 Å². The Morgan fingerprint density at radius 3 is 2.06 bits per heavy atom. The Morgan fingerprint density at radius 1 is 0.758 bits per heavy atom. The number of benzene rings is 3. The van der Waals surface area contributed by atoms with Crippen molar-refractivity contribution in [3.8, 4) is 22.5 Å². The summed E-state index contributed by atoms with van der Waals surface area (Å²) < 4.78 is 2.03. The van der Waals surface area contributed by atoms with Crippen molar-refractivity contribution in [2.24, 2.45) is 0 Å². The molecule has 0 amide bonds. The Kier molecular flexibility index (Phi) is 6.02. The number of carbonyl (C=O) groups excluding carboxylic acids is 1. The Labute approximate surface area is 192 Å². The van der Waals surface area contributed by atoms with E-state index in [1.165, 1.54) is 0 Å². The van der Waals surface area contributed by atoms with Crippen LogP contribution in [0.5, 0.6) is 0 Å². The van der Waals surface area contributed by atoms with Crippen molar-refractivity contribution >= 4 is 16.8 Å². The second kappa shape index (κ2) is 9.57. The number of imidazole rings is 1. The van der Waals surface area contributed by atoms with Gasteiger partial charge in [0.25, 0.3) is 0 Å². The first-order chi connectivity index (χ1) is 16.3. The highest BCUT2D eigenvalue weighted by atomic mass is 16.1. The highest BCUT2D eigenvalue weighted by Gasteiger charge is 2.14. The molecule has 0 fully saturated rings. The summed E-state index contributed by atoms with van der Waals surface area (Å²) in [5.41, 5.74) is 5.88.